The summed E-state index contributed by atoms with van der Waals surface area (Å²) in [6.45, 7) is 7.43. The van der Waals surface area contributed by atoms with Crippen LogP contribution in [0.4, 0.5) is 0 Å². The predicted octanol–water partition coefficient (Wildman–Crippen LogP) is 2.93. The first kappa shape index (κ1) is 25.6. The molecule has 2 amide bonds. The van der Waals surface area contributed by atoms with Crippen LogP contribution in [0.3, 0.4) is 0 Å². The number of ether oxygens (including phenoxy) is 2. The first-order chi connectivity index (χ1) is 16.9. The highest BCUT2D eigenvalue weighted by Gasteiger charge is 2.40. The van der Waals surface area contributed by atoms with E-state index in [4.69, 9.17) is 9.47 Å². The van der Waals surface area contributed by atoms with Gasteiger partial charge >= 0.3 is 0 Å². The van der Waals surface area contributed by atoms with E-state index in [0.29, 0.717) is 24.6 Å². The van der Waals surface area contributed by atoms with Crippen LogP contribution in [0.15, 0.2) is 18.2 Å². The molecule has 0 aromatic heterocycles. The molecule has 8 heteroatoms. The number of nitrogens with one attached hydrogen (secondary N) is 1. The molecule has 0 radical (unpaired) electrons. The van der Waals surface area contributed by atoms with Gasteiger partial charge in [0.25, 0.3) is 5.91 Å². The first-order valence-corrected chi connectivity index (χ1v) is 13.0. The number of aldehydes is 1. The van der Waals surface area contributed by atoms with Gasteiger partial charge in [0.15, 0.2) is 0 Å². The summed E-state index contributed by atoms with van der Waals surface area (Å²) in [5.74, 6) is 0.353. The molecule has 1 aromatic carbocycles. The Kier molecular flexibility index (Phi) is 8.12. The number of carbonyl (C=O) groups excluding carboxylic acids is 3. The van der Waals surface area contributed by atoms with Crippen LogP contribution in [-0.4, -0.2) is 78.4 Å². The lowest BCUT2D eigenvalue weighted by Crippen LogP contribution is -2.51. The fraction of sp³-hybridized carbons (Fsp3) is 0.667. The summed E-state index contributed by atoms with van der Waals surface area (Å²) in [5, 5.41) is 2.62. The minimum atomic E-state index is -0.657. The normalized spacial score (nSPS) is 24.8. The second kappa shape index (κ2) is 11.1. The molecular formula is C27H39N3O5. The van der Waals surface area contributed by atoms with E-state index in [0.717, 1.165) is 69.4 Å². The second-order valence-electron chi connectivity index (χ2n) is 10.2. The number of rotatable bonds is 10. The number of hydrogen-bond donors (Lipinski definition) is 1. The van der Waals surface area contributed by atoms with E-state index in [-0.39, 0.29) is 29.9 Å². The van der Waals surface area contributed by atoms with E-state index in [1.165, 1.54) is 0 Å². The van der Waals surface area contributed by atoms with Crippen LogP contribution in [0.2, 0.25) is 0 Å². The van der Waals surface area contributed by atoms with Crippen LogP contribution in [-0.2, 0) is 20.9 Å². The van der Waals surface area contributed by atoms with Crippen LogP contribution in [0, 0.1) is 0 Å². The van der Waals surface area contributed by atoms with Crippen molar-refractivity contribution in [3.05, 3.63) is 29.3 Å². The molecular weight excluding hydrogens is 446 g/mol. The monoisotopic (exact) mass is 485 g/mol. The van der Waals surface area contributed by atoms with Gasteiger partial charge in [-0.2, -0.15) is 0 Å². The van der Waals surface area contributed by atoms with Crippen molar-refractivity contribution >= 4 is 18.1 Å². The highest BCUT2D eigenvalue weighted by atomic mass is 16.5. The quantitative estimate of drug-likeness (QED) is 0.513. The zero-order valence-electron chi connectivity index (χ0n) is 21.3. The molecule has 1 N–H and O–H groups in total. The van der Waals surface area contributed by atoms with E-state index in [1.807, 2.05) is 18.2 Å². The number of likely N-dealkylation sites (tertiary alicyclic amines) is 1. The van der Waals surface area contributed by atoms with Gasteiger partial charge < -0.3 is 24.5 Å². The van der Waals surface area contributed by atoms with Gasteiger partial charge in [-0.05, 0) is 76.1 Å². The summed E-state index contributed by atoms with van der Waals surface area (Å²) in [6, 6.07) is 5.37. The molecule has 8 nitrogen and oxygen atoms in total. The average Bonchev–Trinajstić information content (AvgIpc) is 3.44. The van der Waals surface area contributed by atoms with Crippen molar-refractivity contribution in [3.63, 3.8) is 0 Å². The standard InChI is InChI=1S/C27H39N3O5/c1-4-34-27(2)12-14-29(15-13-27)22-7-5-9-24(22)35-20-10-11-21-19(17-20)18-30(26(21)33)23(8-6-16-31)25(32)28-3/h10-11,16-17,22-24H,4-9,12-15,18H2,1-3H3,(H,28,32). The van der Waals surface area contributed by atoms with Gasteiger partial charge in [0.1, 0.15) is 24.2 Å². The zero-order chi connectivity index (χ0) is 25.0. The number of amides is 2. The van der Waals surface area contributed by atoms with Crippen molar-refractivity contribution in [2.75, 3.05) is 26.7 Å². The minimum absolute atomic E-state index is 0.0170. The Balaban J connectivity index is 1.42. The lowest BCUT2D eigenvalue weighted by Gasteiger charge is -2.42. The van der Waals surface area contributed by atoms with Gasteiger partial charge in [-0.1, -0.05) is 0 Å². The third-order valence-electron chi connectivity index (χ3n) is 7.91. The van der Waals surface area contributed by atoms with Crippen molar-refractivity contribution in [3.8, 4) is 5.75 Å². The molecule has 1 aliphatic carbocycles. The molecule has 2 heterocycles. The molecule has 35 heavy (non-hydrogen) atoms. The number of carbonyl (C=O) groups is 3. The fourth-order valence-corrected chi connectivity index (χ4v) is 5.92. The van der Waals surface area contributed by atoms with Gasteiger partial charge in [0.05, 0.1) is 5.60 Å². The van der Waals surface area contributed by atoms with Crippen molar-refractivity contribution < 1.29 is 23.9 Å². The molecule has 0 spiro atoms. The summed E-state index contributed by atoms with van der Waals surface area (Å²) in [7, 11) is 1.55. The number of nitrogens with zero attached hydrogens (tertiary/aromatic N) is 2. The third kappa shape index (κ3) is 5.54. The maximum Gasteiger partial charge on any atom is 0.255 e. The Morgan fingerprint density at radius 3 is 2.74 bits per heavy atom. The molecule has 1 aromatic rings. The van der Waals surface area contributed by atoms with Crippen LogP contribution >= 0.6 is 0 Å². The van der Waals surface area contributed by atoms with Crippen molar-refractivity contribution in [2.45, 2.75) is 89.1 Å². The van der Waals surface area contributed by atoms with Crippen LogP contribution < -0.4 is 10.1 Å². The van der Waals surface area contributed by atoms with Gasteiger partial charge in [-0.15, -0.1) is 0 Å². The van der Waals surface area contributed by atoms with Crippen molar-refractivity contribution in [1.82, 2.24) is 15.1 Å². The predicted molar refractivity (Wildman–Crippen MR) is 132 cm³/mol. The van der Waals surface area contributed by atoms with Gasteiger partial charge in [-0.25, -0.2) is 0 Å². The minimum Gasteiger partial charge on any atom is -0.489 e. The lowest BCUT2D eigenvalue weighted by molar-refractivity contribution is -0.125. The highest BCUT2D eigenvalue weighted by Crippen LogP contribution is 2.35. The maximum absolute atomic E-state index is 13.0. The Labute approximate surface area is 208 Å². The van der Waals surface area contributed by atoms with Crippen LogP contribution in [0.25, 0.3) is 0 Å². The number of hydrogen-bond acceptors (Lipinski definition) is 6. The lowest BCUT2D eigenvalue weighted by atomic mass is 9.92. The number of fused-ring (bicyclic) bond motifs is 1. The first-order valence-electron chi connectivity index (χ1n) is 13.0. The molecule has 3 aliphatic rings. The van der Waals surface area contributed by atoms with E-state index >= 15 is 0 Å². The SMILES string of the molecule is CCOC1(C)CCN(C2CCCC2Oc2ccc3c(c2)CN(C(CCC=O)C(=O)NC)C3=O)CC1. The maximum atomic E-state index is 13.0. The molecule has 3 unspecified atom stereocenters. The topological polar surface area (TPSA) is 88.2 Å². The Morgan fingerprint density at radius 2 is 2.06 bits per heavy atom. The van der Waals surface area contributed by atoms with Gasteiger partial charge in [0, 0.05) is 51.3 Å². The summed E-state index contributed by atoms with van der Waals surface area (Å²) >= 11 is 0. The number of likely N-dealkylation sites (N-methyl/N-ethyl adjacent to an activating group) is 1. The Morgan fingerprint density at radius 1 is 1.29 bits per heavy atom. The number of benzene rings is 1. The molecule has 1 saturated heterocycles. The van der Waals surface area contributed by atoms with E-state index in [1.54, 1.807) is 11.9 Å². The Hall–Kier alpha value is -2.45. The van der Waals surface area contributed by atoms with E-state index in [9.17, 15) is 14.4 Å². The molecule has 3 atom stereocenters. The molecule has 0 bridgehead atoms. The summed E-state index contributed by atoms with van der Waals surface area (Å²) in [6.07, 6.45) is 6.85. The second-order valence-corrected chi connectivity index (χ2v) is 10.2. The fourth-order valence-electron chi connectivity index (χ4n) is 5.92. The highest BCUT2D eigenvalue weighted by molar-refractivity contribution is 6.01. The van der Waals surface area contributed by atoms with Crippen molar-refractivity contribution in [2.24, 2.45) is 0 Å². The molecule has 4 rings (SSSR count). The zero-order valence-corrected chi connectivity index (χ0v) is 21.3. The van der Waals surface area contributed by atoms with Crippen LogP contribution in [0.1, 0.15) is 74.7 Å². The Bertz CT molecular complexity index is 927. The molecule has 192 valence electrons. The van der Waals surface area contributed by atoms with E-state index in [2.05, 4.69) is 24.1 Å². The average molecular weight is 486 g/mol. The molecule has 2 fully saturated rings. The molecule has 2 aliphatic heterocycles. The summed E-state index contributed by atoms with van der Waals surface area (Å²) in [5.41, 5.74) is 1.45. The summed E-state index contributed by atoms with van der Waals surface area (Å²) in [4.78, 5) is 40.5. The van der Waals surface area contributed by atoms with Crippen LogP contribution in [0.5, 0.6) is 5.75 Å². The molecule has 1 saturated carbocycles. The summed E-state index contributed by atoms with van der Waals surface area (Å²) < 4.78 is 12.5. The smallest absolute Gasteiger partial charge is 0.255 e. The largest absolute Gasteiger partial charge is 0.489 e. The van der Waals surface area contributed by atoms with E-state index < -0.39 is 6.04 Å². The third-order valence-corrected chi connectivity index (χ3v) is 7.91. The number of piperidine rings is 1. The van der Waals surface area contributed by atoms with Gasteiger partial charge in [-0.3, -0.25) is 14.5 Å². The van der Waals surface area contributed by atoms with Crippen molar-refractivity contribution in [1.29, 1.82) is 0 Å². The van der Waals surface area contributed by atoms with Gasteiger partial charge in [0.2, 0.25) is 5.91 Å².